The van der Waals surface area contributed by atoms with E-state index in [1.54, 1.807) is 0 Å². The number of esters is 1. The molecule has 0 saturated heterocycles. The molecule has 0 heterocycles. The van der Waals surface area contributed by atoms with Crippen LogP contribution in [0.1, 0.15) is 109 Å². The van der Waals surface area contributed by atoms with Gasteiger partial charge in [0, 0.05) is 0 Å². The van der Waals surface area contributed by atoms with E-state index >= 15 is 0 Å². The third-order valence-corrected chi connectivity index (χ3v) is 5.14. The molecule has 1 rings (SSSR count). The van der Waals surface area contributed by atoms with Crippen LogP contribution in [0.25, 0.3) is 0 Å². The maximum atomic E-state index is 12.3. The van der Waals surface area contributed by atoms with Crippen molar-refractivity contribution in [2.75, 3.05) is 6.61 Å². The van der Waals surface area contributed by atoms with Gasteiger partial charge in [-0.25, -0.2) is 0 Å². The summed E-state index contributed by atoms with van der Waals surface area (Å²) >= 11 is 0. The molecule has 0 fully saturated rings. The van der Waals surface area contributed by atoms with E-state index in [0.29, 0.717) is 6.61 Å². The summed E-state index contributed by atoms with van der Waals surface area (Å²) in [5, 5.41) is 0. The lowest BCUT2D eigenvalue weighted by atomic mass is 9.97. The second-order valence-corrected chi connectivity index (χ2v) is 7.43. The van der Waals surface area contributed by atoms with E-state index < -0.39 is 0 Å². The molecule has 0 N–H and O–H groups in total. The van der Waals surface area contributed by atoms with Crippen LogP contribution in [-0.4, -0.2) is 12.6 Å². The normalized spacial score (nSPS) is 12.1. The van der Waals surface area contributed by atoms with E-state index in [1.165, 1.54) is 70.6 Å². The summed E-state index contributed by atoms with van der Waals surface area (Å²) in [6.45, 7) is 4.88. The summed E-state index contributed by atoms with van der Waals surface area (Å²) in [6.07, 6.45) is 16.7. The molecule has 1 aromatic carbocycles. The predicted molar refractivity (Wildman–Crippen MR) is 112 cm³/mol. The molecule has 26 heavy (non-hydrogen) atoms. The number of carbonyl (C=O) groups excluding carboxylic acids is 1. The first-order chi connectivity index (χ1) is 12.8. The Morgan fingerprint density at radius 2 is 1.27 bits per heavy atom. The van der Waals surface area contributed by atoms with Gasteiger partial charge in [0.2, 0.25) is 0 Å². The number of hydrogen-bond donors (Lipinski definition) is 0. The third-order valence-electron chi connectivity index (χ3n) is 5.14. The van der Waals surface area contributed by atoms with Crippen molar-refractivity contribution in [2.45, 2.75) is 103 Å². The molecule has 0 aliphatic rings. The highest BCUT2D eigenvalue weighted by atomic mass is 16.5. The fourth-order valence-corrected chi connectivity index (χ4v) is 3.44. The molecule has 0 saturated carbocycles. The summed E-state index contributed by atoms with van der Waals surface area (Å²) < 4.78 is 5.50. The molecule has 0 aliphatic carbocycles. The molecule has 0 radical (unpaired) electrons. The van der Waals surface area contributed by atoms with Crippen molar-refractivity contribution >= 4 is 5.97 Å². The van der Waals surface area contributed by atoms with Gasteiger partial charge >= 0.3 is 5.97 Å². The minimum Gasteiger partial charge on any atom is -0.465 e. The number of benzene rings is 1. The minimum absolute atomic E-state index is 0.0678. The lowest BCUT2D eigenvalue weighted by molar-refractivity contribution is -0.145. The molecule has 0 aromatic heterocycles. The smallest absolute Gasteiger partial charge is 0.313 e. The lowest BCUT2D eigenvalue weighted by Gasteiger charge is -2.14. The molecule has 2 nitrogen and oxygen atoms in total. The first-order valence-electron chi connectivity index (χ1n) is 11.0. The molecule has 1 unspecified atom stereocenters. The third kappa shape index (κ3) is 10.6. The van der Waals surface area contributed by atoms with Crippen molar-refractivity contribution in [1.29, 1.82) is 0 Å². The van der Waals surface area contributed by atoms with E-state index in [1.807, 2.05) is 37.3 Å². The van der Waals surface area contributed by atoms with Gasteiger partial charge in [0.1, 0.15) is 0 Å². The van der Waals surface area contributed by atoms with E-state index in [4.69, 9.17) is 4.74 Å². The van der Waals surface area contributed by atoms with Crippen molar-refractivity contribution in [3.8, 4) is 0 Å². The predicted octanol–water partition coefficient (Wildman–Crippen LogP) is 7.42. The Hall–Kier alpha value is -1.31. The van der Waals surface area contributed by atoms with E-state index in [-0.39, 0.29) is 11.9 Å². The highest BCUT2D eigenvalue weighted by Crippen LogP contribution is 2.21. The fraction of sp³-hybridized carbons (Fsp3) is 0.708. The SMILES string of the molecule is CCCCCCCCCCCCCCOC(=O)C(CC)c1ccccc1. The van der Waals surface area contributed by atoms with Gasteiger partial charge in [-0.05, 0) is 18.4 Å². The van der Waals surface area contributed by atoms with Crippen LogP contribution in [0, 0.1) is 0 Å². The van der Waals surface area contributed by atoms with Gasteiger partial charge in [-0.3, -0.25) is 4.79 Å². The van der Waals surface area contributed by atoms with Crippen molar-refractivity contribution < 1.29 is 9.53 Å². The standard InChI is InChI=1S/C24H40O2/c1-3-5-6-7-8-9-10-11-12-13-14-18-21-26-24(25)23(4-2)22-19-16-15-17-20-22/h15-17,19-20,23H,3-14,18,21H2,1-2H3. The van der Waals surface area contributed by atoms with Gasteiger partial charge in [-0.15, -0.1) is 0 Å². The number of hydrogen-bond acceptors (Lipinski definition) is 2. The average Bonchev–Trinajstić information content (AvgIpc) is 2.67. The number of unbranched alkanes of at least 4 members (excludes halogenated alkanes) is 11. The van der Waals surface area contributed by atoms with Gasteiger partial charge in [-0.2, -0.15) is 0 Å². The van der Waals surface area contributed by atoms with Crippen LogP contribution in [-0.2, 0) is 9.53 Å². The summed E-state index contributed by atoms with van der Waals surface area (Å²) in [6, 6.07) is 9.97. The van der Waals surface area contributed by atoms with E-state index in [9.17, 15) is 4.79 Å². The summed E-state index contributed by atoms with van der Waals surface area (Å²) in [5.74, 6) is -0.185. The van der Waals surface area contributed by atoms with Crippen molar-refractivity contribution in [3.63, 3.8) is 0 Å². The Kier molecular flexibility index (Phi) is 13.9. The van der Waals surface area contributed by atoms with Gasteiger partial charge < -0.3 is 4.74 Å². The van der Waals surface area contributed by atoms with Crippen LogP contribution in [0.15, 0.2) is 30.3 Å². The molecule has 1 atom stereocenters. The lowest BCUT2D eigenvalue weighted by Crippen LogP contribution is -2.16. The molecule has 0 aliphatic heterocycles. The average molecular weight is 361 g/mol. The Morgan fingerprint density at radius 1 is 0.769 bits per heavy atom. The van der Waals surface area contributed by atoms with Crippen LogP contribution < -0.4 is 0 Å². The molecule has 0 spiro atoms. The zero-order chi connectivity index (χ0) is 18.9. The number of carbonyl (C=O) groups is 1. The van der Waals surface area contributed by atoms with Gasteiger partial charge in [0.05, 0.1) is 12.5 Å². The molecule has 148 valence electrons. The maximum Gasteiger partial charge on any atom is 0.313 e. The number of ether oxygens (including phenoxy) is 1. The highest BCUT2D eigenvalue weighted by molar-refractivity contribution is 5.78. The zero-order valence-electron chi connectivity index (χ0n) is 17.2. The Bertz CT molecular complexity index is 441. The topological polar surface area (TPSA) is 26.3 Å². The molecule has 0 bridgehead atoms. The van der Waals surface area contributed by atoms with E-state index in [2.05, 4.69) is 6.92 Å². The second kappa shape index (κ2) is 15.9. The van der Waals surface area contributed by atoms with Crippen LogP contribution in [0.4, 0.5) is 0 Å². The summed E-state index contributed by atoms with van der Waals surface area (Å²) in [4.78, 5) is 12.3. The summed E-state index contributed by atoms with van der Waals surface area (Å²) in [7, 11) is 0. The molecular formula is C24H40O2. The maximum absolute atomic E-state index is 12.3. The quantitative estimate of drug-likeness (QED) is 0.226. The van der Waals surface area contributed by atoms with Crippen molar-refractivity contribution in [3.05, 3.63) is 35.9 Å². The monoisotopic (exact) mass is 360 g/mol. The van der Waals surface area contributed by atoms with Crippen LogP contribution in [0.2, 0.25) is 0 Å². The van der Waals surface area contributed by atoms with Crippen LogP contribution in [0.3, 0.4) is 0 Å². The Labute approximate surface area is 161 Å². The molecule has 1 aromatic rings. The van der Waals surface area contributed by atoms with E-state index in [0.717, 1.165) is 18.4 Å². The van der Waals surface area contributed by atoms with Crippen LogP contribution >= 0.6 is 0 Å². The van der Waals surface area contributed by atoms with Crippen molar-refractivity contribution in [1.82, 2.24) is 0 Å². The second-order valence-electron chi connectivity index (χ2n) is 7.43. The van der Waals surface area contributed by atoms with Crippen molar-refractivity contribution in [2.24, 2.45) is 0 Å². The van der Waals surface area contributed by atoms with Crippen LogP contribution in [0.5, 0.6) is 0 Å². The number of rotatable bonds is 16. The van der Waals surface area contributed by atoms with Gasteiger partial charge in [-0.1, -0.05) is 115 Å². The van der Waals surface area contributed by atoms with Gasteiger partial charge in [0.15, 0.2) is 0 Å². The Morgan fingerprint density at radius 3 is 1.77 bits per heavy atom. The summed E-state index contributed by atoms with van der Waals surface area (Å²) in [5.41, 5.74) is 1.06. The Balaban J connectivity index is 1.96. The van der Waals surface area contributed by atoms with Gasteiger partial charge in [0.25, 0.3) is 0 Å². The molecule has 2 heteroatoms. The largest absolute Gasteiger partial charge is 0.465 e. The first kappa shape index (κ1) is 22.7. The first-order valence-corrected chi connectivity index (χ1v) is 11.0. The highest BCUT2D eigenvalue weighted by Gasteiger charge is 2.19. The fourth-order valence-electron chi connectivity index (χ4n) is 3.44. The molecular weight excluding hydrogens is 320 g/mol. The zero-order valence-corrected chi connectivity index (χ0v) is 17.2. The molecule has 0 amide bonds. The minimum atomic E-state index is -0.117.